The average molecular weight is 252 g/mol. The minimum atomic E-state index is -0.359. The summed E-state index contributed by atoms with van der Waals surface area (Å²) in [5.41, 5.74) is 6.73. The van der Waals surface area contributed by atoms with Crippen LogP contribution in [0.15, 0.2) is 18.3 Å². The highest BCUT2D eigenvalue weighted by atomic mass is 32.1. The number of aromatic nitrogens is 1. The molecule has 0 aromatic carbocycles. The van der Waals surface area contributed by atoms with Gasteiger partial charge in [-0.1, -0.05) is 12.2 Å². The fraction of sp³-hybridized carbons (Fsp3) is 0.364. The summed E-state index contributed by atoms with van der Waals surface area (Å²) in [6, 6.07) is 3.19. The van der Waals surface area contributed by atoms with Gasteiger partial charge in [0.15, 0.2) is 0 Å². The van der Waals surface area contributed by atoms with Crippen LogP contribution in [0.25, 0.3) is 0 Å². The molecule has 0 saturated carbocycles. The van der Waals surface area contributed by atoms with E-state index in [4.69, 9.17) is 18.0 Å². The molecule has 0 saturated heterocycles. The molecule has 1 aromatic heterocycles. The molecule has 0 radical (unpaired) electrons. The average Bonchev–Trinajstić information content (AvgIpc) is 2.28. The smallest absolute Gasteiger partial charge is 0.244 e. The molecule has 5 nitrogen and oxygen atoms in total. The molecule has 0 spiro atoms. The lowest BCUT2D eigenvalue weighted by atomic mass is 10.2. The number of nitrogens with one attached hydrogen (secondary N) is 1. The van der Waals surface area contributed by atoms with Crippen molar-refractivity contribution in [2.45, 2.75) is 13.0 Å². The Morgan fingerprint density at radius 3 is 2.76 bits per heavy atom. The van der Waals surface area contributed by atoms with E-state index in [1.807, 2.05) is 0 Å². The summed E-state index contributed by atoms with van der Waals surface area (Å²) < 4.78 is 0. The second kappa shape index (κ2) is 5.58. The Bertz CT molecular complexity index is 433. The molecule has 1 rings (SSSR count). The van der Waals surface area contributed by atoms with E-state index in [9.17, 15) is 4.79 Å². The molecule has 1 unspecified atom stereocenters. The van der Waals surface area contributed by atoms with Crippen LogP contribution in [-0.2, 0) is 4.79 Å². The monoisotopic (exact) mass is 252 g/mol. The first-order chi connectivity index (χ1) is 7.93. The van der Waals surface area contributed by atoms with Gasteiger partial charge in [0.25, 0.3) is 0 Å². The normalized spacial score (nSPS) is 11.7. The van der Waals surface area contributed by atoms with Crippen LogP contribution in [0, 0.1) is 0 Å². The number of hydrogen-bond acceptors (Lipinski definition) is 4. The number of likely N-dealkylation sites (N-methyl/N-ethyl adjacent to an activating group) is 1. The van der Waals surface area contributed by atoms with Crippen molar-refractivity contribution in [3.8, 4) is 0 Å². The Balaban J connectivity index is 2.88. The minimum absolute atomic E-state index is 0.0252. The highest BCUT2D eigenvalue weighted by Crippen LogP contribution is 2.13. The van der Waals surface area contributed by atoms with Gasteiger partial charge < -0.3 is 16.0 Å². The van der Waals surface area contributed by atoms with Gasteiger partial charge in [-0.15, -0.1) is 0 Å². The second-order valence-electron chi connectivity index (χ2n) is 3.86. The lowest BCUT2D eigenvalue weighted by Crippen LogP contribution is -2.37. The van der Waals surface area contributed by atoms with Crippen LogP contribution < -0.4 is 11.1 Å². The van der Waals surface area contributed by atoms with Crippen molar-refractivity contribution in [3.63, 3.8) is 0 Å². The standard InChI is InChI=1S/C11H16N4OS/c1-7(11(16)15(2)3)14-8-5-4-6-13-9(8)10(12)17/h4-7,14H,1-3H3,(H2,12,17). The molecule has 1 heterocycles. The Kier molecular flexibility index (Phi) is 4.39. The van der Waals surface area contributed by atoms with Gasteiger partial charge in [0, 0.05) is 20.3 Å². The predicted octanol–water partition coefficient (Wildman–Crippen LogP) is 0.604. The van der Waals surface area contributed by atoms with E-state index in [0.29, 0.717) is 11.4 Å². The second-order valence-corrected chi connectivity index (χ2v) is 4.30. The fourth-order valence-corrected chi connectivity index (χ4v) is 1.56. The number of amides is 1. The quantitative estimate of drug-likeness (QED) is 0.768. The summed E-state index contributed by atoms with van der Waals surface area (Å²) in [6.07, 6.45) is 1.61. The molecule has 1 atom stereocenters. The number of carbonyl (C=O) groups is 1. The number of rotatable bonds is 4. The zero-order chi connectivity index (χ0) is 13.0. The molecular weight excluding hydrogens is 236 g/mol. The molecular formula is C11H16N4OS. The van der Waals surface area contributed by atoms with E-state index in [-0.39, 0.29) is 16.9 Å². The first kappa shape index (κ1) is 13.4. The number of carbonyl (C=O) groups excluding carboxylic acids is 1. The van der Waals surface area contributed by atoms with Crippen molar-refractivity contribution in [1.29, 1.82) is 0 Å². The van der Waals surface area contributed by atoms with Gasteiger partial charge in [0.2, 0.25) is 5.91 Å². The molecule has 0 bridgehead atoms. The van der Waals surface area contributed by atoms with Gasteiger partial charge in [-0.3, -0.25) is 9.78 Å². The molecule has 3 N–H and O–H groups in total. The molecule has 1 aromatic rings. The number of hydrogen-bond donors (Lipinski definition) is 2. The summed E-state index contributed by atoms with van der Waals surface area (Å²) in [5.74, 6) is -0.0252. The molecule has 1 amide bonds. The van der Waals surface area contributed by atoms with E-state index < -0.39 is 0 Å². The van der Waals surface area contributed by atoms with E-state index >= 15 is 0 Å². The van der Waals surface area contributed by atoms with E-state index in [2.05, 4.69) is 10.3 Å². The number of pyridine rings is 1. The maximum absolute atomic E-state index is 11.7. The Labute approximate surface area is 106 Å². The van der Waals surface area contributed by atoms with Crippen LogP contribution in [0.5, 0.6) is 0 Å². The van der Waals surface area contributed by atoms with Crippen molar-refractivity contribution < 1.29 is 4.79 Å². The lowest BCUT2D eigenvalue weighted by Gasteiger charge is -2.19. The Hall–Kier alpha value is -1.69. The number of nitrogens with zero attached hydrogens (tertiary/aromatic N) is 2. The van der Waals surface area contributed by atoms with Gasteiger partial charge in [-0.2, -0.15) is 0 Å². The first-order valence-corrected chi connectivity index (χ1v) is 5.57. The van der Waals surface area contributed by atoms with Gasteiger partial charge in [-0.05, 0) is 19.1 Å². The maximum atomic E-state index is 11.7. The van der Waals surface area contributed by atoms with Crippen LogP contribution >= 0.6 is 12.2 Å². The van der Waals surface area contributed by atoms with Crippen molar-refractivity contribution in [3.05, 3.63) is 24.0 Å². The molecule has 92 valence electrons. The largest absolute Gasteiger partial charge is 0.388 e. The third-order valence-electron chi connectivity index (χ3n) is 2.22. The molecule has 17 heavy (non-hydrogen) atoms. The maximum Gasteiger partial charge on any atom is 0.244 e. The van der Waals surface area contributed by atoms with Gasteiger partial charge in [0.05, 0.1) is 5.69 Å². The van der Waals surface area contributed by atoms with Crippen molar-refractivity contribution >= 4 is 28.8 Å². The fourth-order valence-electron chi connectivity index (χ4n) is 1.40. The SMILES string of the molecule is CC(Nc1cccnc1C(N)=S)C(=O)N(C)C. The Morgan fingerprint density at radius 1 is 1.59 bits per heavy atom. The van der Waals surface area contributed by atoms with Gasteiger partial charge in [0.1, 0.15) is 16.7 Å². The highest BCUT2D eigenvalue weighted by Gasteiger charge is 2.16. The zero-order valence-electron chi connectivity index (χ0n) is 10.1. The van der Waals surface area contributed by atoms with Crippen LogP contribution in [0.2, 0.25) is 0 Å². The third-order valence-corrected chi connectivity index (χ3v) is 2.42. The lowest BCUT2D eigenvalue weighted by molar-refractivity contribution is -0.129. The molecule has 0 aliphatic carbocycles. The topological polar surface area (TPSA) is 71.2 Å². The van der Waals surface area contributed by atoms with Crippen LogP contribution in [0.4, 0.5) is 5.69 Å². The number of anilines is 1. The summed E-state index contributed by atoms with van der Waals surface area (Å²) in [5, 5.41) is 3.05. The zero-order valence-corrected chi connectivity index (χ0v) is 10.9. The number of thiocarbonyl (C=S) groups is 1. The van der Waals surface area contributed by atoms with Crippen LogP contribution in [0.3, 0.4) is 0 Å². The highest BCUT2D eigenvalue weighted by molar-refractivity contribution is 7.80. The number of nitrogens with two attached hydrogens (primary N) is 1. The summed E-state index contributed by atoms with van der Waals surface area (Å²) in [7, 11) is 3.41. The minimum Gasteiger partial charge on any atom is -0.388 e. The molecule has 0 aliphatic rings. The van der Waals surface area contributed by atoms with Crippen molar-refractivity contribution in [1.82, 2.24) is 9.88 Å². The predicted molar refractivity (Wildman–Crippen MR) is 71.9 cm³/mol. The van der Waals surface area contributed by atoms with Crippen molar-refractivity contribution in [2.75, 3.05) is 19.4 Å². The first-order valence-electron chi connectivity index (χ1n) is 5.16. The Morgan fingerprint density at radius 2 is 2.24 bits per heavy atom. The summed E-state index contributed by atoms with van der Waals surface area (Å²) in [6.45, 7) is 1.78. The summed E-state index contributed by atoms with van der Waals surface area (Å²) in [4.78, 5) is 17.5. The van der Waals surface area contributed by atoms with Crippen LogP contribution in [-0.4, -0.2) is 40.9 Å². The molecule has 0 aliphatic heterocycles. The van der Waals surface area contributed by atoms with E-state index in [0.717, 1.165) is 0 Å². The van der Waals surface area contributed by atoms with Gasteiger partial charge >= 0.3 is 0 Å². The third kappa shape index (κ3) is 3.39. The van der Waals surface area contributed by atoms with Gasteiger partial charge in [-0.25, -0.2) is 0 Å². The molecule has 6 heteroatoms. The van der Waals surface area contributed by atoms with Crippen LogP contribution in [0.1, 0.15) is 12.6 Å². The van der Waals surface area contributed by atoms with E-state index in [1.54, 1.807) is 39.3 Å². The van der Waals surface area contributed by atoms with Crippen molar-refractivity contribution in [2.24, 2.45) is 5.73 Å². The molecule has 0 fully saturated rings. The summed E-state index contributed by atoms with van der Waals surface area (Å²) >= 11 is 4.90. The van der Waals surface area contributed by atoms with E-state index in [1.165, 1.54) is 4.90 Å².